The second-order valence-corrected chi connectivity index (χ2v) is 6.87. The van der Waals surface area contributed by atoms with E-state index < -0.39 is 0 Å². The van der Waals surface area contributed by atoms with Crippen molar-refractivity contribution in [1.29, 1.82) is 0 Å². The van der Waals surface area contributed by atoms with Crippen LogP contribution in [0.1, 0.15) is 16.8 Å². The van der Waals surface area contributed by atoms with Crippen LogP contribution >= 0.6 is 11.6 Å². The van der Waals surface area contributed by atoms with Gasteiger partial charge >= 0.3 is 0 Å². The van der Waals surface area contributed by atoms with Gasteiger partial charge in [0.1, 0.15) is 5.69 Å². The van der Waals surface area contributed by atoms with E-state index in [1.165, 1.54) is 6.07 Å². The van der Waals surface area contributed by atoms with Crippen LogP contribution in [0.3, 0.4) is 0 Å². The van der Waals surface area contributed by atoms with Crippen molar-refractivity contribution in [2.24, 2.45) is 0 Å². The van der Waals surface area contributed by atoms with Crippen molar-refractivity contribution in [2.75, 3.05) is 0 Å². The van der Waals surface area contributed by atoms with Crippen LogP contribution in [0.15, 0.2) is 72.8 Å². The molecule has 0 aliphatic rings. The molecule has 4 nitrogen and oxygen atoms in total. The smallest absolute Gasteiger partial charge is 0.293 e. The number of benzene rings is 3. The maximum absolute atomic E-state index is 11.6. The van der Waals surface area contributed by atoms with E-state index in [-0.39, 0.29) is 10.6 Å². The highest BCUT2D eigenvalue weighted by molar-refractivity contribution is 6.31. The van der Waals surface area contributed by atoms with Crippen molar-refractivity contribution in [1.82, 2.24) is 4.57 Å². The molecule has 0 bridgehead atoms. The van der Waals surface area contributed by atoms with Gasteiger partial charge in [-0.05, 0) is 55.3 Å². The minimum Gasteiger partial charge on any atom is -0.296 e. The molecular formula is C23H15ClN2O2. The van der Waals surface area contributed by atoms with Crippen molar-refractivity contribution in [3.63, 3.8) is 0 Å². The lowest BCUT2D eigenvalue weighted by Crippen LogP contribution is -2.02. The van der Waals surface area contributed by atoms with Crippen LogP contribution in [-0.4, -0.2) is 9.49 Å². The van der Waals surface area contributed by atoms with Crippen molar-refractivity contribution >= 4 is 28.2 Å². The quantitative estimate of drug-likeness (QED) is 0.244. The maximum atomic E-state index is 11.6. The van der Waals surface area contributed by atoms with Gasteiger partial charge in [0.25, 0.3) is 5.69 Å². The summed E-state index contributed by atoms with van der Waals surface area (Å²) in [7, 11) is 0. The highest BCUT2D eigenvalue weighted by Crippen LogP contribution is 2.31. The molecule has 0 saturated carbocycles. The van der Waals surface area contributed by atoms with Gasteiger partial charge in [0.15, 0.2) is 0 Å². The maximum Gasteiger partial charge on any atom is 0.293 e. The fourth-order valence-corrected chi connectivity index (χ4v) is 3.30. The molecule has 1 heterocycles. The number of nitrogens with zero attached hydrogens (tertiary/aromatic N) is 2. The van der Waals surface area contributed by atoms with E-state index in [1.807, 2.05) is 54.0 Å². The molecule has 0 spiro atoms. The first-order valence-electron chi connectivity index (χ1n) is 8.66. The van der Waals surface area contributed by atoms with E-state index >= 15 is 0 Å². The third kappa shape index (κ3) is 3.36. The van der Waals surface area contributed by atoms with E-state index in [0.717, 1.165) is 22.0 Å². The van der Waals surface area contributed by atoms with E-state index in [9.17, 15) is 10.1 Å². The zero-order chi connectivity index (χ0) is 19.7. The van der Waals surface area contributed by atoms with Gasteiger partial charge < -0.3 is 0 Å². The normalized spacial score (nSPS) is 10.5. The number of hydrogen-bond acceptors (Lipinski definition) is 2. The summed E-state index contributed by atoms with van der Waals surface area (Å²) in [6.45, 7) is 2.02. The highest BCUT2D eigenvalue weighted by atomic mass is 35.5. The molecule has 4 aromatic rings. The Kier molecular flexibility index (Phi) is 4.60. The molecule has 5 heteroatoms. The number of rotatable bonds is 2. The molecule has 0 amide bonds. The average Bonchev–Trinajstić information content (AvgIpc) is 3.04. The van der Waals surface area contributed by atoms with E-state index in [0.29, 0.717) is 16.4 Å². The van der Waals surface area contributed by atoms with Gasteiger partial charge in [0, 0.05) is 22.0 Å². The number of para-hydroxylation sites is 2. The molecular weight excluding hydrogens is 372 g/mol. The molecule has 0 aliphatic heterocycles. The predicted molar refractivity (Wildman–Crippen MR) is 112 cm³/mol. The number of halogens is 1. The molecule has 0 aliphatic carbocycles. The van der Waals surface area contributed by atoms with Gasteiger partial charge in [-0.1, -0.05) is 47.4 Å². The lowest BCUT2D eigenvalue weighted by molar-refractivity contribution is -0.384. The Morgan fingerprint density at radius 3 is 2.46 bits per heavy atom. The fourth-order valence-electron chi connectivity index (χ4n) is 3.12. The van der Waals surface area contributed by atoms with Crippen molar-refractivity contribution < 1.29 is 4.92 Å². The Labute approximate surface area is 167 Å². The van der Waals surface area contributed by atoms with Crippen LogP contribution in [-0.2, 0) is 0 Å². The lowest BCUT2D eigenvalue weighted by atomic mass is 10.1. The summed E-state index contributed by atoms with van der Waals surface area (Å²) in [5.74, 6) is 6.32. The standard InChI is InChI=1S/C23H15ClN2O2/c1-16-6-8-17(9-7-16)10-12-20-15-18-14-19(24)11-13-21(18)25(20)22-4-2-3-5-23(22)26(27)28/h2-9,11,13-15H,1H3. The predicted octanol–water partition coefficient (Wildman–Crippen LogP) is 5.90. The van der Waals surface area contributed by atoms with Gasteiger partial charge in [-0.25, -0.2) is 0 Å². The number of nitro benzene ring substituents is 1. The van der Waals surface area contributed by atoms with Crippen LogP contribution in [0.5, 0.6) is 0 Å². The molecule has 0 atom stereocenters. The van der Waals surface area contributed by atoms with Crippen LogP contribution in [0.25, 0.3) is 16.6 Å². The summed E-state index contributed by atoms with van der Waals surface area (Å²) in [6, 6.07) is 21.9. The molecule has 0 fully saturated rings. The Balaban J connectivity index is 1.96. The van der Waals surface area contributed by atoms with Gasteiger partial charge in [0.2, 0.25) is 0 Å². The van der Waals surface area contributed by atoms with Crippen LogP contribution in [0.2, 0.25) is 5.02 Å². The lowest BCUT2D eigenvalue weighted by Gasteiger charge is -2.08. The largest absolute Gasteiger partial charge is 0.296 e. The van der Waals surface area contributed by atoms with Crippen molar-refractivity contribution in [2.45, 2.75) is 6.92 Å². The molecule has 0 unspecified atom stereocenters. The Bertz CT molecular complexity index is 1260. The van der Waals surface area contributed by atoms with Gasteiger partial charge in [-0.2, -0.15) is 0 Å². The Hall–Kier alpha value is -3.55. The zero-order valence-corrected chi connectivity index (χ0v) is 15.8. The molecule has 136 valence electrons. The molecule has 3 aromatic carbocycles. The van der Waals surface area contributed by atoms with Crippen LogP contribution in [0, 0.1) is 28.9 Å². The van der Waals surface area contributed by atoms with Crippen LogP contribution < -0.4 is 0 Å². The van der Waals surface area contributed by atoms with Gasteiger partial charge in [-0.15, -0.1) is 0 Å². The summed E-state index contributed by atoms with van der Waals surface area (Å²) in [5.41, 5.74) is 4.00. The molecule has 28 heavy (non-hydrogen) atoms. The average molecular weight is 387 g/mol. The van der Waals surface area contributed by atoms with E-state index in [4.69, 9.17) is 11.6 Å². The summed E-state index contributed by atoms with van der Waals surface area (Å²) >= 11 is 6.14. The Morgan fingerprint density at radius 1 is 0.964 bits per heavy atom. The van der Waals surface area contributed by atoms with Gasteiger partial charge in [0.05, 0.1) is 16.1 Å². The first-order chi connectivity index (χ1) is 13.5. The highest BCUT2D eigenvalue weighted by Gasteiger charge is 2.18. The van der Waals surface area contributed by atoms with Crippen molar-refractivity contribution in [3.8, 4) is 17.5 Å². The molecule has 1 aromatic heterocycles. The Morgan fingerprint density at radius 2 is 1.71 bits per heavy atom. The minimum atomic E-state index is -0.381. The minimum absolute atomic E-state index is 0.0216. The van der Waals surface area contributed by atoms with Crippen LogP contribution in [0.4, 0.5) is 5.69 Å². The first-order valence-corrected chi connectivity index (χ1v) is 9.04. The number of fused-ring (bicyclic) bond motifs is 1. The fraction of sp³-hybridized carbons (Fsp3) is 0.0435. The zero-order valence-electron chi connectivity index (χ0n) is 15.0. The second kappa shape index (κ2) is 7.22. The molecule has 0 N–H and O–H groups in total. The number of aromatic nitrogens is 1. The van der Waals surface area contributed by atoms with Gasteiger partial charge in [-0.3, -0.25) is 14.7 Å². The van der Waals surface area contributed by atoms with Crippen molar-refractivity contribution in [3.05, 3.63) is 105 Å². The third-order valence-corrected chi connectivity index (χ3v) is 4.70. The summed E-state index contributed by atoms with van der Waals surface area (Å²) < 4.78 is 1.81. The number of aryl methyl sites for hydroxylation is 1. The monoisotopic (exact) mass is 386 g/mol. The number of hydrogen-bond donors (Lipinski definition) is 0. The summed E-state index contributed by atoms with van der Waals surface area (Å²) in [4.78, 5) is 11.2. The second-order valence-electron chi connectivity index (χ2n) is 6.43. The number of nitro groups is 1. The van der Waals surface area contributed by atoms with E-state index in [1.54, 1.807) is 24.3 Å². The SMILES string of the molecule is Cc1ccc(C#Cc2cc3cc(Cl)ccc3n2-c2ccccc2[N+](=O)[O-])cc1. The summed E-state index contributed by atoms with van der Waals surface area (Å²) in [5, 5.41) is 13.0. The topological polar surface area (TPSA) is 48.1 Å². The molecule has 4 rings (SSSR count). The third-order valence-electron chi connectivity index (χ3n) is 4.47. The summed E-state index contributed by atoms with van der Waals surface area (Å²) in [6.07, 6.45) is 0. The van der Waals surface area contributed by atoms with E-state index in [2.05, 4.69) is 11.8 Å². The molecule has 0 radical (unpaired) electrons. The molecule has 0 saturated heterocycles. The first kappa shape index (κ1) is 17.8.